The molecular weight excluding hydrogens is 457 g/mol. The first kappa shape index (κ1) is 20.5. The van der Waals surface area contributed by atoms with Crippen LogP contribution in [0.1, 0.15) is 24.6 Å². The molecule has 9 heteroatoms. The van der Waals surface area contributed by atoms with E-state index in [0.717, 1.165) is 48.2 Å². The molecule has 2 aromatic heterocycles. The summed E-state index contributed by atoms with van der Waals surface area (Å²) in [5.41, 5.74) is 1.54. The third-order valence-corrected chi connectivity index (χ3v) is 8.38. The number of anilines is 1. The van der Waals surface area contributed by atoms with E-state index in [1.54, 1.807) is 12.3 Å². The Morgan fingerprint density at radius 2 is 1.93 bits per heavy atom. The predicted molar refractivity (Wildman–Crippen MR) is 126 cm³/mol. The lowest BCUT2D eigenvalue weighted by Gasteiger charge is -2.42. The molecule has 5 rings (SSSR count). The quantitative estimate of drug-likeness (QED) is 0.484. The summed E-state index contributed by atoms with van der Waals surface area (Å²) in [5.74, 6) is 0.916. The number of halogens is 2. The summed E-state index contributed by atoms with van der Waals surface area (Å²) >= 11 is 18.3. The van der Waals surface area contributed by atoms with Crippen LogP contribution in [0.3, 0.4) is 0 Å². The molecule has 1 unspecified atom stereocenters. The Kier molecular flexibility index (Phi) is 5.66. The monoisotopic (exact) mass is 477 g/mol. The van der Waals surface area contributed by atoms with Crippen molar-refractivity contribution in [2.75, 3.05) is 18.0 Å². The topological polar surface area (TPSA) is 46.0 Å². The van der Waals surface area contributed by atoms with Gasteiger partial charge in [-0.2, -0.15) is 0 Å². The molecule has 156 valence electrons. The summed E-state index contributed by atoms with van der Waals surface area (Å²) in [7, 11) is 0. The fraction of sp³-hybridized carbons (Fsp3) is 0.333. The summed E-state index contributed by atoms with van der Waals surface area (Å²) < 4.78 is 5.62. The van der Waals surface area contributed by atoms with Crippen molar-refractivity contribution in [1.82, 2.24) is 19.3 Å². The Bertz CT molecular complexity index is 1050. The van der Waals surface area contributed by atoms with Crippen LogP contribution < -0.4 is 9.62 Å². The predicted octanol–water partition coefficient (Wildman–Crippen LogP) is 5.51. The van der Waals surface area contributed by atoms with Gasteiger partial charge < -0.3 is 9.47 Å². The molecule has 1 fully saturated rings. The Hall–Kier alpha value is -1.38. The van der Waals surface area contributed by atoms with Gasteiger partial charge in [0.2, 0.25) is 0 Å². The maximum atomic E-state index is 6.28. The molecule has 0 radical (unpaired) electrons. The summed E-state index contributed by atoms with van der Waals surface area (Å²) in [4.78, 5) is 12.5. The van der Waals surface area contributed by atoms with Crippen LogP contribution in [0.2, 0.25) is 10.0 Å². The smallest absolute Gasteiger partial charge is 0.147 e. The lowest BCUT2D eigenvalue weighted by Crippen LogP contribution is -2.45. The van der Waals surface area contributed by atoms with Crippen molar-refractivity contribution >= 4 is 53.6 Å². The summed E-state index contributed by atoms with van der Waals surface area (Å²) in [6, 6.07) is 10.2. The van der Waals surface area contributed by atoms with Crippen LogP contribution in [-0.2, 0) is 6.54 Å². The molecule has 2 aliphatic heterocycles. The van der Waals surface area contributed by atoms with Gasteiger partial charge in [0.25, 0.3) is 0 Å². The molecule has 5 nitrogen and oxygen atoms in total. The van der Waals surface area contributed by atoms with E-state index in [-0.39, 0.29) is 11.5 Å². The molecule has 1 aromatic carbocycles. The number of nitrogens with zero attached hydrogens (tertiary/aromatic N) is 4. The van der Waals surface area contributed by atoms with Crippen LogP contribution in [0.5, 0.6) is 0 Å². The first-order valence-electron chi connectivity index (χ1n) is 9.83. The standard InChI is InChI=1S/C21H21Cl2N5S2/c22-14-3-1-5-16(19(14)23)30-18-12-24-17(11-25-18)27-9-6-21(7-10-27)13-28-8-2-4-15(28)20(21)26-29/h1-5,8,11-12,20,26,29H,6-7,9-10,13H2. The van der Waals surface area contributed by atoms with Gasteiger partial charge >= 0.3 is 0 Å². The Labute approximate surface area is 195 Å². The highest BCUT2D eigenvalue weighted by Gasteiger charge is 2.47. The number of rotatable bonds is 4. The molecular formula is C21H21Cl2N5S2. The number of fused-ring (bicyclic) bond motifs is 1. The molecule has 1 saturated heterocycles. The zero-order chi connectivity index (χ0) is 20.7. The molecule has 0 amide bonds. The molecule has 0 bridgehead atoms. The largest absolute Gasteiger partial charge is 0.355 e. The van der Waals surface area contributed by atoms with E-state index >= 15 is 0 Å². The van der Waals surface area contributed by atoms with Crippen molar-refractivity contribution in [2.24, 2.45) is 5.41 Å². The molecule has 3 aromatic rings. The van der Waals surface area contributed by atoms with Crippen LogP contribution in [0.15, 0.2) is 58.8 Å². The summed E-state index contributed by atoms with van der Waals surface area (Å²) in [6.07, 6.45) is 8.00. The minimum Gasteiger partial charge on any atom is -0.355 e. The highest BCUT2D eigenvalue weighted by atomic mass is 35.5. The zero-order valence-electron chi connectivity index (χ0n) is 16.1. The first-order chi connectivity index (χ1) is 14.6. The molecule has 0 aliphatic carbocycles. The highest BCUT2D eigenvalue weighted by Crippen LogP contribution is 2.49. The molecule has 2 aliphatic rings. The van der Waals surface area contributed by atoms with Crippen molar-refractivity contribution in [3.05, 3.63) is 64.7 Å². The molecule has 0 saturated carbocycles. The molecule has 4 heterocycles. The van der Waals surface area contributed by atoms with Crippen molar-refractivity contribution in [2.45, 2.75) is 35.3 Å². The van der Waals surface area contributed by atoms with Gasteiger partial charge in [-0.05, 0) is 37.1 Å². The fourth-order valence-electron chi connectivity index (χ4n) is 4.61. The Balaban J connectivity index is 1.26. The number of aromatic nitrogens is 3. The van der Waals surface area contributed by atoms with Crippen LogP contribution >= 0.6 is 47.8 Å². The van der Waals surface area contributed by atoms with Crippen LogP contribution in [-0.4, -0.2) is 27.6 Å². The van der Waals surface area contributed by atoms with E-state index in [4.69, 9.17) is 23.2 Å². The molecule has 1 atom stereocenters. The van der Waals surface area contributed by atoms with Gasteiger partial charge in [-0.15, -0.1) is 0 Å². The second-order valence-electron chi connectivity index (χ2n) is 7.84. The third kappa shape index (κ3) is 3.60. The minimum atomic E-state index is 0.210. The van der Waals surface area contributed by atoms with Gasteiger partial charge in [-0.3, -0.25) is 4.72 Å². The SMILES string of the molecule is SNC1c2cccn2CC12CCN(c1cnc(Sc3cccc(Cl)c3Cl)cn1)CC2. The van der Waals surface area contributed by atoms with Gasteiger partial charge in [0.15, 0.2) is 0 Å². The number of nitrogens with one attached hydrogen (secondary N) is 1. The van der Waals surface area contributed by atoms with E-state index in [2.05, 4.69) is 55.3 Å². The van der Waals surface area contributed by atoms with E-state index in [1.807, 2.05) is 18.3 Å². The van der Waals surface area contributed by atoms with Crippen molar-refractivity contribution in [1.29, 1.82) is 0 Å². The fourth-order valence-corrected chi connectivity index (χ4v) is 6.27. The second-order valence-corrected chi connectivity index (χ2v) is 9.94. The van der Waals surface area contributed by atoms with E-state index < -0.39 is 0 Å². The zero-order valence-corrected chi connectivity index (χ0v) is 19.4. The third-order valence-electron chi connectivity index (χ3n) is 6.22. The van der Waals surface area contributed by atoms with Crippen LogP contribution in [0, 0.1) is 5.41 Å². The number of hydrogen-bond donors (Lipinski definition) is 2. The van der Waals surface area contributed by atoms with Crippen molar-refractivity contribution in [3.63, 3.8) is 0 Å². The normalized spacial score (nSPS) is 20.0. The summed E-state index contributed by atoms with van der Waals surface area (Å²) in [5, 5.41) is 1.89. The number of benzene rings is 1. The first-order valence-corrected chi connectivity index (χ1v) is 11.9. The van der Waals surface area contributed by atoms with E-state index in [9.17, 15) is 0 Å². The van der Waals surface area contributed by atoms with E-state index in [1.165, 1.54) is 17.5 Å². The van der Waals surface area contributed by atoms with Crippen molar-refractivity contribution in [3.8, 4) is 0 Å². The van der Waals surface area contributed by atoms with E-state index in [0.29, 0.717) is 10.0 Å². The molecule has 1 spiro atoms. The lowest BCUT2D eigenvalue weighted by molar-refractivity contribution is 0.166. The number of piperidine rings is 1. The van der Waals surface area contributed by atoms with Gasteiger partial charge in [0, 0.05) is 41.8 Å². The average Bonchev–Trinajstić information content (AvgIpc) is 3.31. The molecule has 30 heavy (non-hydrogen) atoms. The Morgan fingerprint density at radius 1 is 1.10 bits per heavy atom. The van der Waals surface area contributed by atoms with Gasteiger partial charge in [0.1, 0.15) is 10.8 Å². The second kappa shape index (κ2) is 8.28. The number of hydrogen-bond acceptors (Lipinski definition) is 6. The molecule has 1 N–H and O–H groups in total. The van der Waals surface area contributed by atoms with Gasteiger partial charge in [-0.1, -0.05) is 53.8 Å². The van der Waals surface area contributed by atoms with Crippen molar-refractivity contribution < 1.29 is 0 Å². The maximum Gasteiger partial charge on any atom is 0.147 e. The Morgan fingerprint density at radius 3 is 2.67 bits per heavy atom. The number of thiol groups is 1. The van der Waals surface area contributed by atoms with Gasteiger partial charge in [-0.25, -0.2) is 9.97 Å². The summed E-state index contributed by atoms with van der Waals surface area (Å²) in [6.45, 7) is 2.96. The maximum absolute atomic E-state index is 6.28. The average molecular weight is 478 g/mol. The minimum absolute atomic E-state index is 0.210. The van der Waals surface area contributed by atoms with Gasteiger partial charge in [0.05, 0.1) is 28.5 Å². The highest BCUT2D eigenvalue weighted by molar-refractivity contribution is 7.99. The lowest BCUT2D eigenvalue weighted by atomic mass is 9.73. The van der Waals surface area contributed by atoms with Crippen LogP contribution in [0.4, 0.5) is 5.82 Å². The van der Waals surface area contributed by atoms with Crippen LogP contribution in [0.25, 0.3) is 0 Å².